The third-order valence-corrected chi connectivity index (χ3v) is 5.18. The number of carbonyl (C=O) groups is 1. The predicted molar refractivity (Wildman–Crippen MR) is 93.8 cm³/mol. The number of hydrogen-bond acceptors (Lipinski definition) is 4. The first-order valence-electron chi connectivity index (χ1n) is 8.87. The van der Waals surface area contributed by atoms with Gasteiger partial charge in [0, 0.05) is 11.1 Å². The van der Waals surface area contributed by atoms with E-state index in [1.807, 2.05) is 0 Å². The summed E-state index contributed by atoms with van der Waals surface area (Å²) in [6, 6.07) is 10.6. The van der Waals surface area contributed by atoms with Gasteiger partial charge < -0.3 is 9.47 Å². The van der Waals surface area contributed by atoms with Crippen molar-refractivity contribution in [2.45, 2.75) is 23.9 Å². The predicted octanol–water partition coefficient (Wildman–Crippen LogP) is 5.05. The lowest BCUT2D eigenvalue weighted by molar-refractivity contribution is -0.435. The fourth-order valence-electron chi connectivity index (χ4n) is 3.77. The van der Waals surface area contributed by atoms with Crippen LogP contribution in [0.2, 0.25) is 0 Å². The molecule has 0 aromatic heterocycles. The molecule has 3 aliphatic rings. The van der Waals surface area contributed by atoms with E-state index in [1.165, 1.54) is 36.4 Å². The highest BCUT2D eigenvalue weighted by Gasteiger charge is 2.78. The van der Waals surface area contributed by atoms with E-state index in [2.05, 4.69) is 0 Å². The molecule has 160 valence electrons. The number of fused-ring (bicyclic) bond motifs is 4. The molecule has 0 radical (unpaired) electrons. The number of ketones is 1. The molecule has 0 N–H and O–H groups in total. The SMILES string of the molecule is O=C1C2=Cc3ccccc3O[C@@]2(C(F)(F)F)O[C@]2(C(F)(F)F)Oc3ccccc3C=C12. The van der Waals surface area contributed by atoms with E-state index in [0.717, 1.165) is 24.3 Å². The first-order chi connectivity index (χ1) is 14.5. The van der Waals surface area contributed by atoms with Crippen LogP contribution in [-0.2, 0) is 9.53 Å². The van der Waals surface area contributed by atoms with E-state index in [9.17, 15) is 31.1 Å². The van der Waals surface area contributed by atoms with Gasteiger partial charge in [0.25, 0.3) is 0 Å². The van der Waals surface area contributed by atoms with Crippen molar-refractivity contribution in [3.63, 3.8) is 0 Å². The maximum absolute atomic E-state index is 14.3. The Morgan fingerprint density at radius 3 is 1.42 bits per heavy atom. The lowest BCUT2D eigenvalue weighted by Crippen LogP contribution is -2.71. The minimum atomic E-state index is -5.55. The van der Waals surface area contributed by atoms with Gasteiger partial charge in [-0.15, -0.1) is 0 Å². The van der Waals surface area contributed by atoms with Crippen LogP contribution in [0.25, 0.3) is 12.2 Å². The highest BCUT2D eigenvalue weighted by atomic mass is 19.4. The molecule has 2 aromatic carbocycles. The van der Waals surface area contributed by atoms with Gasteiger partial charge >= 0.3 is 23.9 Å². The Balaban J connectivity index is 1.82. The number of para-hydroxylation sites is 2. The lowest BCUT2D eigenvalue weighted by Gasteiger charge is -2.51. The molecule has 3 heterocycles. The number of halogens is 6. The van der Waals surface area contributed by atoms with Gasteiger partial charge in [0.1, 0.15) is 11.5 Å². The van der Waals surface area contributed by atoms with Gasteiger partial charge in [0.05, 0.1) is 11.1 Å². The van der Waals surface area contributed by atoms with E-state index in [1.54, 1.807) is 0 Å². The summed E-state index contributed by atoms with van der Waals surface area (Å²) in [4.78, 5) is 13.1. The standard InChI is InChI=1S/C21H10F6O4/c22-20(23,24)18-13(9-11-5-1-3-7-15(11)29-18)17(28)14-10-12-6-2-4-8-16(12)30-19(14,31-18)21(25,26)27/h1-10H/t18-,19-/m1/s1. The number of rotatable bonds is 0. The van der Waals surface area contributed by atoms with Crippen molar-refractivity contribution in [1.82, 2.24) is 0 Å². The quantitative estimate of drug-likeness (QED) is 0.538. The second-order valence-corrected chi connectivity index (χ2v) is 7.06. The van der Waals surface area contributed by atoms with E-state index in [0.29, 0.717) is 0 Å². The molecule has 0 saturated carbocycles. The van der Waals surface area contributed by atoms with Crippen molar-refractivity contribution in [2.24, 2.45) is 0 Å². The zero-order valence-electron chi connectivity index (χ0n) is 15.2. The van der Waals surface area contributed by atoms with Gasteiger partial charge in [0.15, 0.2) is 5.78 Å². The number of carbonyl (C=O) groups excluding carboxylic acids is 1. The number of benzene rings is 2. The van der Waals surface area contributed by atoms with Gasteiger partial charge in [0.2, 0.25) is 0 Å². The number of ether oxygens (including phenoxy) is 3. The van der Waals surface area contributed by atoms with Crippen LogP contribution < -0.4 is 9.47 Å². The number of alkyl halides is 6. The summed E-state index contributed by atoms with van der Waals surface area (Å²) in [7, 11) is 0. The van der Waals surface area contributed by atoms with E-state index >= 15 is 0 Å². The topological polar surface area (TPSA) is 44.8 Å². The molecule has 3 aliphatic heterocycles. The molecule has 5 rings (SSSR count). The van der Waals surface area contributed by atoms with Gasteiger partial charge in [-0.3, -0.25) is 9.53 Å². The van der Waals surface area contributed by atoms with Crippen molar-refractivity contribution < 1.29 is 45.3 Å². The van der Waals surface area contributed by atoms with Crippen LogP contribution in [0.1, 0.15) is 11.1 Å². The first-order valence-corrected chi connectivity index (χ1v) is 8.87. The maximum Gasteiger partial charge on any atom is 0.460 e. The van der Waals surface area contributed by atoms with Crippen molar-refractivity contribution in [1.29, 1.82) is 0 Å². The van der Waals surface area contributed by atoms with Crippen molar-refractivity contribution in [2.75, 3.05) is 0 Å². The third-order valence-electron chi connectivity index (χ3n) is 5.18. The van der Waals surface area contributed by atoms with Crippen LogP contribution in [0.5, 0.6) is 11.5 Å². The average molecular weight is 440 g/mol. The first kappa shape index (κ1) is 19.7. The Morgan fingerprint density at radius 1 is 0.645 bits per heavy atom. The van der Waals surface area contributed by atoms with Crippen LogP contribution >= 0.6 is 0 Å². The van der Waals surface area contributed by atoms with Gasteiger partial charge in [-0.25, -0.2) is 0 Å². The zero-order valence-corrected chi connectivity index (χ0v) is 15.2. The van der Waals surface area contributed by atoms with Crippen LogP contribution in [0, 0.1) is 0 Å². The summed E-state index contributed by atoms with van der Waals surface area (Å²) in [5.41, 5.74) is -2.06. The van der Waals surface area contributed by atoms with Gasteiger partial charge in [-0.05, 0) is 24.3 Å². The molecule has 0 spiro atoms. The summed E-state index contributed by atoms with van der Waals surface area (Å²) in [6.07, 6.45) is -9.44. The number of hydrogen-bond donors (Lipinski definition) is 0. The minimum absolute atomic E-state index is 0.0894. The second kappa shape index (κ2) is 5.91. The molecule has 0 bridgehead atoms. The molecule has 0 amide bonds. The Labute approximate surface area is 170 Å². The van der Waals surface area contributed by atoms with Crippen molar-refractivity contribution in [3.05, 3.63) is 70.8 Å². The number of Topliss-reactive ketones (excluding diaryl/α,β-unsaturated/α-hetero) is 1. The summed E-state index contributed by atoms with van der Waals surface area (Å²) >= 11 is 0. The summed E-state index contributed by atoms with van der Waals surface area (Å²) in [6.45, 7) is 0. The smallest absolute Gasteiger partial charge is 0.449 e. The molecular formula is C21H10F6O4. The Morgan fingerprint density at radius 2 is 1.03 bits per heavy atom. The van der Waals surface area contributed by atoms with Gasteiger partial charge in [-0.1, -0.05) is 36.4 Å². The fourth-order valence-corrected chi connectivity index (χ4v) is 3.77. The maximum atomic E-state index is 14.3. The molecule has 1 saturated heterocycles. The summed E-state index contributed by atoms with van der Waals surface area (Å²) in [5.74, 6) is -10.4. The van der Waals surface area contributed by atoms with E-state index in [4.69, 9.17) is 14.2 Å². The molecule has 10 heteroatoms. The normalized spacial score (nSPS) is 26.8. The van der Waals surface area contributed by atoms with Crippen LogP contribution in [-0.4, -0.2) is 29.7 Å². The Kier molecular flexibility index (Phi) is 3.75. The lowest BCUT2D eigenvalue weighted by atomic mass is 9.82. The molecule has 1 fully saturated rings. The highest BCUT2D eigenvalue weighted by Crippen LogP contribution is 2.58. The summed E-state index contributed by atoms with van der Waals surface area (Å²) < 4.78 is 100. The molecular weight excluding hydrogens is 430 g/mol. The van der Waals surface area contributed by atoms with Crippen LogP contribution in [0.3, 0.4) is 0 Å². The molecule has 2 aromatic rings. The van der Waals surface area contributed by atoms with Crippen LogP contribution in [0.4, 0.5) is 26.3 Å². The van der Waals surface area contributed by atoms with Crippen LogP contribution in [0.15, 0.2) is 59.7 Å². The molecule has 2 atom stereocenters. The highest BCUT2D eigenvalue weighted by molar-refractivity contribution is 6.17. The Bertz CT molecular complexity index is 1090. The average Bonchev–Trinajstić information content (AvgIpc) is 2.70. The van der Waals surface area contributed by atoms with Crippen molar-refractivity contribution in [3.8, 4) is 11.5 Å². The second-order valence-electron chi connectivity index (χ2n) is 7.06. The van der Waals surface area contributed by atoms with Crippen molar-refractivity contribution >= 4 is 17.9 Å². The largest absolute Gasteiger partial charge is 0.460 e. The third kappa shape index (κ3) is 2.51. The fraction of sp³-hybridized carbons (Fsp3) is 0.190. The van der Waals surface area contributed by atoms with E-state index < -0.39 is 52.4 Å². The monoisotopic (exact) mass is 440 g/mol. The molecule has 0 unspecified atom stereocenters. The molecule has 31 heavy (non-hydrogen) atoms. The molecule has 0 aliphatic carbocycles. The summed E-state index contributed by atoms with van der Waals surface area (Å²) in [5, 5.41) is 0. The Hall–Kier alpha value is -3.27. The van der Waals surface area contributed by atoms with Gasteiger partial charge in [-0.2, -0.15) is 26.3 Å². The van der Waals surface area contributed by atoms with E-state index in [-0.39, 0.29) is 11.1 Å². The molecule has 4 nitrogen and oxygen atoms in total. The minimum Gasteiger partial charge on any atom is -0.449 e. The zero-order chi connectivity index (χ0) is 22.2.